The molecular formula is C18H27NO. The van der Waals surface area contributed by atoms with Crippen molar-refractivity contribution in [2.24, 2.45) is 0 Å². The maximum Gasteiger partial charge on any atom is 0.0916 e. The topological polar surface area (TPSA) is 23.5 Å². The van der Waals surface area contributed by atoms with Gasteiger partial charge in [-0.15, -0.1) is 0 Å². The van der Waals surface area contributed by atoms with Gasteiger partial charge in [0.05, 0.1) is 6.10 Å². The first-order valence-electron chi connectivity index (χ1n) is 8.33. The fourth-order valence-electron chi connectivity index (χ4n) is 3.74. The quantitative estimate of drug-likeness (QED) is 0.900. The number of rotatable bonds is 4. The minimum absolute atomic E-state index is 0.328. The second kappa shape index (κ2) is 6.73. The van der Waals surface area contributed by atoms with Gasteiger partial charge in [0.25, 0.3) is 0 Å². The average molecular weight is 273 g/mol. The van der Waals surface area contributed by atoms with E-state index in [-0.39, 0.29) is 6.10 Å². The highest BCUT2D eigenvalue weighted by Gasteiger charge is 2.18. The van der Waals surface area contributed by atoms with E-state index in [0.29, 0.717) is 0 Å². The summed E-state index contributed by atoms with van der Waals surface area (Å²) in [6.45, 7) is 3.09. The lowest BCUT2D eigenvalue weighted by molar-refractivity contribution is 0.101. The number of hydrogen-bond donors (Lipinski definition) is 1. The summed E-state index contributed by atoms with van der Waals surface area (Å²) >= 11 is 0. The first kappa shape index (κ1) is 14.1. The van der Waals surface area contributed by atoms with Crippen LogP contribution in [0.1, 0.15) is 68.1 Å². The van der Waals surface area contributed by atoms with Gasteiger partial charge in [0.2, 0.25) is 0 Å². The molecule has 0 amide bonds. The number of likely N-dealkylation sites (tertiary alicyclic amines) is 1. The van der Waals surface area contributed by atoms with Crippen molar-refractivity contribution in [3.63, 3.8) is 0 Å². The van der Waals surface area contributed by atoms with Crippen LogP contribution in [-0.4, -0.2) is 29.6 Å². The molecule has 1 aromatic rings. The fraction of sp³-hybridized carbons (Fsp3) is 0.667. The van der Waals surface area contributed by atoms with Crippen molar-refractivity contribution in [1.82, 2.24) is 4.90 Å². The highest BCUT2D eigenvalue weighted by Crippen LogP contribution is 2.34. The van der Waals surface area contributed by atoms with Crippen LogP contribution in [0.15, 0.2) is 24.3 Å². The van der Waals surface area contributed by atoms with Gasteiger partial charge >= 0.3 is 0 Å². The predicted molar refractivity (Wildman–Crippen MR) is 82.9 cm³/mol. The summed E-state index contributed by atoms with van der Waals surface area (Å²) in [5, 5.41) is 10.4. The minimum atomic E-state index is -0.328. The van der Waals surface area contributed by atoms with Crippen LogP contribution in [0.3, 0.4) is 0 Å². The molecule has 2 fully saturated rings. The molecule has 1 unspecified atom stereocenters. The van der Waals surface area contributed by atoms with Crippen LogP contribution < -0.4 is 0 Å². The highest BCUT2D eigenvalue weighted by molar-refractivity contribution is 5.27. The molecule has 0 spiro atoms. The van der Waals surface area contributed by atoms with E-state index in [1.807, 2.05) is 0 Å². The van der Waals surface area contributed by atoms with E-state index >= 15 is 0 Å². The number of aliphatic hydroxyl groups excluding tert-OH is 1. The zero-order chi connectivity index (χ0) is 13.8. The summed E-state index contributed by atoms with van der Waals surface area (Å²) in [4.78, 5) is 2.40. The molecule has 1 atom stereocenters. The number of aliphatic hydroxyl groups is 1. The van der Waals surface area contributed by atoms with Gasteiger partial charge in [0, 0.05) is 6.54 Å². The van der Waals surface area contributed by atoms with Crippen LogP contribution in [0.5, 0.6) is 0 Å². The number of benzene rings is 1. The minimum Gasteiger partial charge on any atom is -0.387 e. The van der Waals surface area contributed by atoms with Gasteiger partial charge in [0.1, 0.15) is 0 Å². The molecule has 1 saturated carbocycles. The standard InChI is InChI=1S/C18H27NO/c20-18(14-19-12-4-1-5-13-19)17-10-8-16(9-11-17)15-6-2-3-7-15/h8-11,15,18,20H,1-7,12-14H2. The molecule has 2 nitrogen and oxygen atoms in total. The third-order valence-corrected chi connectivity index (χ3v) is 5.03. The van der Waals surface area contributed by atoms with Crippen LogP contribution in [-0.2, 0) is 0 Å². The molecule has 0 bridgehead atoms. The third-order valence-electron chi connectivity index (χ3n) is 5.03. The van der Waals surface area contributed by atoms with Gasteiger partial charge < -0.3 is 10.0 Å². The van der Waals surface area contributed by atoms with Gasteiger partial charge in [-0.05, 0) is 55.8 Å². The molecule has 1 N–H and O–H groups in total. The first-order valence-corrected chi connectivity index (χ1v) is 8.33. The van der Waals surface area contributed by atoms with Gasteiger partial charge in [0.15, 0.2) is 0 Å². The summed E-state index contributed by atoms with van der Waals surface area (Å²) < 4.78 is 0. The first-order chi connectivity index (χ1) is 9.83. The zero-order valence-corrected chi connectivity index (χ0v) is 12.4. The number of nitrogens with zero attached hydrogens (tertiary/aromatic N) is 1. The van der Waals surface area contributed by atoms with Gasteiger partial charge in [-0.3, -0.25) is 0 Å². The molecule has 20 heavy (non-hydrogen) atoms. The second-order valence-corrected chi connectivity index (χ2v) is 6.53. The molecule has 1 aliphatic heterocycles. The van der Waals surface area contributed by atoms with E-state index in [1.54, 1.807) is 0 Å². The van der Waals surface area contributed by atoms with Gasteiger partial charge in [-0.2, -0.15) is 0 Å². The van der Waals surface area contributed by atoms with Gasteiger partial charge in [-0.25, -0.2) is 0 Å². The van der Waals surface area contributed by atoms with Crippen molar-refractivity contribution in [3.05, 3.63) is 35.4 Å². The van der Waals surface area contributed by atoms with Crippen LogP contribution in [0, 0.1) is 0 Å². The summed E-state index contributed by atoms with van der Waals surface area (Å²) in [6, 6.07) is 8.76. The van der Waals surface area contributed by atoms with Crippen molar-refractivity contribution in [3.8, 4) is 0 Å². The Labute approximate surface area is 122 Å². The number of β-amino-alcohol motifs (C(OH)–C–C–N with tert-alkyl or cyclic N) is 1. The fourth-order valence-corrected chi connectivity index (χ4v) is 3.74. The number of piperidine rings is 1. The summed E-state index contributed by atoms with van der Waals surface area (Å²) in [5.74, 6) is 0.767. The molecule has 3 rings (SSSR count). The number of hydrogen-bond acceptors (Lipinski definition) is 2. The van der Waals surface area contributed by atoms with E-state index in [1.165, 1.54) is 50.5 Å². The van der Waals surface area contributed by atoms with E-state index in [9.17, 15) is 5.11 Å². The summed E-state index contributed by atoms with van der Waals surface area (Å²) in [7, 11) is 0. The van der Waals surface area contributed by atoms with Crippen molar-refractivity contribution in [2.75, 3.05) is 19.6 Å². The van der Waals surface area contributed by atoms with E-state index in [2.05, 4.69) is 29.2 Å². The molecule has 1 saturated heterocycles. The average Bonchev–Trinajstić information content (AvgIpc) is 3.03. The maximum atomic E-state index is 10.4. The van der Waals surface area contributed by atoms with Crippen molar-refractivity contribution < 1.29 is 5.11 Å². The Morgan fingerprint density at radius 2 is 1.60 bits per heavy atom. The Morgan fingerprint density at radius 1 is 0.950 bits per heavy atom. The van der Waals surface area contributed by atoms with E-state index < -0.39 is 0 Å². The molecule has 1 aromatic carbocycles. The molecule has 0 radical (unpaired) electrons. The Morgan fingerprint density at radius 3 is 2.25 bits per heavy atom. The normalized spacial score (nSPS) is 23.1. The van der Waals surface area contributed by atoms with E-state index in [4.69, 9.17) is 0 Å². The predicted octanol–water partition coefficient (Wildman–Crippen LogP) is 3.86. The maximum absolute atomic E-state index is 10.4. The molecule has 2 aliphatic rings. The molecule has 0 aromatic heterocycles. The largest absolute Gasteiger partial charge is 0.387 e. The monoisotopic (exact) mass is 273 g/mol. The Hall–Kier alpha value is -0.860. The smallest absolute Gasteiger partial charge is 0.0916 e. The van der Waals surface area contributed by atoms with Crippen molar-refractivity contribution in [1.29, 1.82) is 0 Å². The summed E-state index contributed by atoms with van der Waals surface area (Å²) in [6.07, 6.45) is 9.04. The Kier molecular flexibility index (Phi) is 4.74. The third kappa shape index (κ3) is 3.42. The Balaban J connectivity index is 1.58. The van der Waals surface area contributed by atoms with Gasteiger partial charge in [-0.1, -0.05) is 43.5 Å². The Bertz CT molecular complexity index is 402. The second-order valence-electron chi connectivity index (χ2n) is 6.53. The zero-order valence-electron chi connectivity index (χ0n) is 12.4. The lowest BCUT2D eigenvalue weighted by Gasteiger charge is -2.28. The molecule has 2 heteroatoms. The van der Waals surface area contributed by atoms with Crippen molar-refractivity contribution >= 4 is 0 Å². The molecule has 1 aliphatic carbocycles. The van der Waals surface area contributed by atoms with Crippen LogP contribution in [0.4, 0.5) is 0 Å². The molecule has 110 valence electrons. The molecular weight excluding hydrogens is 246 g/mol. The highest BCUT2D eigenvalue weighted by atomic mass is 16.3. The summed E-state index contributed by atoms with van der Waals surface area (Å²) in [5.41, 5.74) is 2.55. The lowest BCUT2D eigenvalue weighted by atomic mass is 9.95. The van der Waals surface area contributed by atoms with Crippen molar-refractivity contribution in [2.45, 2.75) is 57.0 Å². The lowest BCUT2D eigenvalue weighted by Crippen LogP contribution is -2.33. The van der Waals surface area contributed by atoms with Crippen LogP contribution in [0.25, 0.3) is 0 Å². The SMILES string of the molecule is OC(CN1CCCCC1)c1ccc(C2CCCC2)cc1. The van der Waals surface area contributed by atoms with Crippen LogP contribution in [0.2, 0.25) is 0 Å². The molecule has 1 heterocycles. The van der Waals surface area contributed by atoms with Crippen LogP contribution >= 0.6 is 0 Å². The van der Waals surface area contributed by atoms with E-state index in [0.717, 1.165) is 31.1 Å².